The number of hydrogen-bond donors (Lipinski definition) is 2. The van der Waals surface area contributed by atoms with Crippen LogP contribution in [-0.2, 0) is 22.7 Å². The maximum Gasteiger partial charge on any atom is 0.387 e. The average Bonchev–Trinajstić information content (AvgIpc) is 3.95. The van der Waals surface area contributed by atoms with Crippen LogP contribution in [0, 0.1) is 19.7 Å². The number of aromatic amines is 1. The van der Waals surface area contributed by atoms with Gasteiger partial charge in [0.25, 0.3) is 0 Å². The van der Waals surface area contributed by atoms with Crippen molar-refractivity contribution in [2.24, 2.45) is 0 Å². The first kappa shape index (κ1) is 33.9. The highest BCUT2D eigenvalue weighted by Gasteiger charge is 2.25. The molecule has 52 heavy (non-hydrogen) atoms. The summed E-state index contributed by atoms with van der Waals surface area (Å²) < 4.78 is 58.2. The molecule has 0 aliphatic carbocycles. The number of aromatic nitrogens is 3. The van der Waals surface area contributed by atoms with Gasteiger partial charge in [0.1, 0.15) is 35.6 Å². The van der Waals surface area contributed by atoms with Gasteiger partial charge in [0.05, 0.1) is 11.0 Å². The monoisotopic (exact) mass is 709 g/mol. The number of carbonyl (C=O) groups is 1. The van der Waals surface area contributed by atoms with Crippen LogP contribution < -0.4 is 10.1 Å². The lowest BCUT2D eigenvalue weighted by Gasteiger charge is -2.14. The molecule has 9 nitrogen and oxygen atoms in total. The molecule has 0 saturated carbocycles. The van der Waals surface area contributed by atoms with E-state index >= 15 is 4.39 Å². The largest absolute Gasteiger partial charge is 0.460 e. The van der Waals surface area contributed by atoms with Gasteiger partial charge >= 0.3 is 12.6 Å². The summed E-state index contributed by atoms with van der Waals surface area (Å²) in [6, 6.07) is 17.7. The van der Waals surface area contributed by atoms with Gasteiger partial charge in [-0.2, -0.15) is 8.78 Å². The SMILES string of the molecule is Cc1c(-c2nc3cc(CN4CCCC4)c(F)cc3[nH]2)cccc1-c1cccc(-c2nc3cc(COC(=O)[C@@H]4CCCN4)c(OC(F)F)cc3o2)c1C. The molecule has 268 valence electrons. The molecule has 0 amide bonds. The Bertz CT molecular complexity index is 2290. The molecule has 0 bridgehead atoms. The third-order valence-electron chi connectivity index (χ3n) is 10.2. The average molecular weight is 710 g/mol. The van der Waals surface area contributed by atoms with Crippen molar-refractivity contribution in [3.8, 4) is 39.7 Å². The Labute approximate surface area is 298 Å². The van der Waals surface area contributed by atoms with Crippen molar-refractivity contribution < 1.29 is 31.9 Å². The Morgan fingerprint density at radius 3 is 2.37 bits per heavy atom. The summed E-state index contributed by atoms with van der Waals surface area (Å²) in [5.74, 6) is 0.138. The Hall–Kier alpha value is -5.20. The lowest BCUT2D eigenvalue weighted by molar-refractivity contribution is -0.147. The van der Waals surface area contributed by atoms with E-state index in [1.54, 1.807) is 6.07 Å². The molecule has 2 aliphatic rings. The van der Waals surface area contributed by atoms with Crippen LogP contribution in [0.15, 0.2) is 65.1 Å². The second-order valence-corrected chi connectivity index (χ2v) is 13.6. The van der Waals surface area contributed by atoms with Crippen LogP contribution in [0.3, 0.4) is 0 Å². The molecule has 0 radical (unpaired) electrons. The van der Waals surface area contributed by atoms with Crippen molar-refractivity contribution >= 4 is 28.1 Å². The summed E-state index contributed by atoms with van der Waals surface area (Å²) >= 11 is 0. The van der Waals surface area contributed by atoms with Gasteiger partial charge in [0.2, 0.25) is 5.89 Å². The van der Waals surface area contributed by atoms with Crippen LogP contribution in [0.1, 0.15) is 47.9 Å². The van der Waals surface area contributed by atoms with E-state index in [1.807, 2.05) is 56.3 Å². The second-order valence-electron chi connectivity index (χ2n) is 13.6. The molecular weight excluding hydrogens is 671 g/mol. The molecule has 0 spiro atoms. The fourth-order valence-corrected chi connectivity index (χ4v) is 7.41. The van der Waals surface area contributed by atoms with Crippen molar-refractivity contribution in [3.05, 3.63) is 88.7 Å². The zero-order chi connectivity index (χ0) is 35.9. The smallest absolute Gasteiger partial charge is 0.387 e. The van der Waals surface area contributed by atoms with Crippen LogP contribution in [0.2, 0.25) is 0 Å². The maximum absolute atomic E-state index is 15.1. The summed E-state index contributed by atoms with van der Waals surface area (Å²) in [6.45, 7) is 3.95. The predicted octanol–water partition coefficient (Wildman–Crippen LogP) is 8.45. The van der Waals surface area contributed by atoms with E-state index in [0.29, 0.717) is 41.3 Å². The molecule has 1 atom stereocenters. The zero-order valence-corrected chi connectivity index (χ0v) is 28.9. The molecule has 4 aromatic carbocycles. The Morgan fingerprint density at radius 2 is 1.63 bits per heavy atom. The number of ether oxygens (including phenoxy) is 2. The number of alkyl halides is 2. The summed E-state index contributed by atoms with van der Waals surface area (Å²) in [5.41, 5.74) is 8.36. The lowest BCUT2D eigenvalue weighted by Crippen LogP contribution is -2.32. The standard InChI is InChI=1S/C40H38F3N5O4/c1-22-26(8-5-10-28(22)37-45-32-16-24(20-48-14-3-4-15-48)30(41)18-33(32)46-37)27-9-6-11-29(23(27)2)38-47-34-17-25(21-50-39(49)31-12-7-13-44-31)35(52-40(42)43)19-36(34)51-38/h5-6,8-11,16-19,31,40,44H,3-4,7,12-15,20-21H2,1-2H3,(H,45,46)/t31-/m0/s1. The van der Waals surface area contributed by atoms with Crippen LogP contribution in [0.25, 0.3) is 56.1 Å². The first-order chi connectivity index (χ1) is 25.2. The molecule has 8 rings (SSSR count). The number of imidazole rings is 1. The van der Waals surface area contributed by atoms with Gasteiger partial charge in [-0.3, -0.25) is 9.69 Å². The second kappa shape index (κ2) is 14.1. The van der Waals surface area contributed by atoms with Crippen molar-refractivity contribution in [1.29, 1.82) is 0 Å². The minimum absolute atomic E-state index is 0.147. The van der Waals surface area contributed by atoms with E-state index in [2.05, 4.69) is 15.2 Å². The summed E-state index contributed by atoms with van der Waals surface area (Å²) in [7, 11) is 0. The van der Waals surface area contributed by atoms with E-state index in [1.165, 1.54) is 12.1 Å². The number of fused-ring (bicyclic) bond motifs is 2. The molecule has 6 aromatic rings. The van der Waals surface area contributed by atoms with Gasteiger partial charge in [-0.1, -0.05) is 30.3 Å². The highest BCUT2D eigenvalue weighted by atomic mass is 19.3. The quantitative estimate of drug-likeness (QED) is 0.137. The predicted molar refractivity (Wildman–Crippen MR) is 191 cm³/mol. The highest BCUT2D eigenvalue weighted by molar-refractivity contribution is 5.86. The van der Waals surface area contributed by atoms with Crippen LogP contribution in [-0.4, -0.2) is 58.1 Å². The van der Waals surface area contributed by atoms with Crippen molar-refractivity contribution in [2.45, 2.75) is 65.3 Å². The first-order valence-electron chi connectivity index (χ1n) is 17.6. The number of halogens is 3. The minimum Gasteiger partial charge on any atom is -0.460 e. The molecule has 2 aliphatic heterocycles. The van der Waals surface area contributed by atoms with Crippen molar-refractivity contribution in [1.82, 2.24) is 25.2 Å². The van der Waals surface area contributed by atoms with Crippen LogP contribution >= 0.6 is 0 Å². The zero-order valence-electron chi connectivity index (χ0n) is 28.9. The summed E-state index contributed by atoms with van der Waals surface area (Å²) in [6.07, 6.45) is 3.81. The van der Waals surface area contributed by atoms with Gasteiger partial charge < -0.3 is 24.2 Å². The lowest BCUT2D eigenvalue weighted by atomic mass is 9.91. The first-order valence-corrected chi connectivity index (χ1v) is 17.6. The number of likely N-dealkylation sites (tertiary alicyclic amines) is 1. The van der Waals surface area contributed by atoms with Crippen LogP contribution in [0.5, 0.6) is 5.75 Å². The molecule has 12 heteroatoms. The third kappa shape index (κ3) is 6.64. The number of H-pyrrole nitrogens is 1. The van der Waals surface area contributed by atoms with E-state index in [4.69, 9.17) is 23.9 Å². The van der Waals surface area contributed by atoms with E-state index in [-0.39, 0.29) is 29.3 Å². The minimum atomic E-state index is -3.08. The van der Waals surface area contributed by atoms with E-state index < -0.39 is 18.6 Å². The number of rotatable bonds is 10. The third-order valence-corrected chi connectivity index (χ3v) is 10.2. The van der Waals surface area contributed by atoms with Gasteiger partial charge in [0.15, 0.2) is 5.58 Å². The fraction of sp³-hybridized carbons (Fsp3) is 0.325. The molecule has 2 saturated heterocycles. The number of esters is 1. The topological polar surface area (TPSA) is 106 Å². The number of hydrogen-bond acceptors (Lipinski definition) is 8. The molecule has 4 heterocycles. The maximum atomic E-state index is 15.1. The highest BCUT2D eigenvalue weighted by Crippen LogP contribution is 2.38. The Morgan fingerprint density at radius 1 is 0.923 bits per heavy atom. The van der Waals surface area contributed by atoms with Gasteiger partial charge in [0, 0.05) is 34.9 Å². The Balaban J connectivity index is 1.10. The Kier molecular flexibility index (Phi) is 9.18. The number of nitrogens with zero attached hydrogens (tertiary/aromatic N) is 3. The molecule has 0 unspecified atom stereocenters. The number of oxazole rings is 1. The number of benzene rings is 4. The molecule has 2 N–H and O–H groups in total. The van der Waals surface area contributed by atoms with Gasteiger partial charge in [-0.25, -0.2) is 14.4 Å². The number of carbonyl (C=O) groups excluding carboxylic acids is 1. The van der Waals surface area contributed by atoms with E-state index in [9.17, 15) is 13.6 Å². The van der Waals surface area contributed by atoms with Crippen molar-refractivity contribution in [2.75, 3.05) is 19.6 Å². The van der Waals surface area contributed by atoms with E-state index in [0.717, 1.165) is 77.8 Å². The number of nitrogens with one attached hydrogen (secondary N) is 2. The van der Waals surface area contributed by atoms with Crippen molar-refractivity contribution in [3.63, 3.8) is 0 Å². The normalized spacial score (nSPS) is 16.5. The van der Waals surface area contributed by atoms with Crippen LogP contribution in [0.4, 0.5) is 13.2 Å². The summed E-state index contributed by atoms with van der Waals surface area (Å²) in [4.78, 5) is 27.7. The summed E-state index contributed by atoms with van der Waals surface area (Å²) in [5, 5.41) is 3.07. The molecular formula is C40H38F3N5O4. The molecule has 2 fully saturated rings. The van der Waals surface area contributed by atoms with Gasteiger partial charge in [-0.05, 0) is 106 Å². The fourth-order valence-electron chi connectivity index (χ4n) is 7.41. The van der Waals surface area contributed by atoms with Gasteiger partial charge in [-0.15, -0.1) is 0 Å². The molecule has 2 aromatic heterocycles.